The summed E-state index contributed by atoms with van der Waals surface area (Å²) < 4.78 is 14.2. The Morgan fingerprint density at radius 1 is 1.47 bits per heavy atom. The van der Waals surface area contributed by atoms with Crippen molar-refractivity contribution in [2.45, 2.75) is 19.4 Å². The smallest absolute Gasteiger partial charge is 0.123 e. The third-order valence-corrected chi connectivity index (χ3v) is 3.85. The Morgan fingerprint density at radius 3 is 3.00 bits per heavy atom. The van der Waals surface area contributed by atoms with Crippen LogP contribution in [-0.4, -0.2) is 6.54 Å². The van der Waals surface area contributed by atoms with Crippen molar-refractivity contribution in [1.29, 1.82) is 0 Å². The van der Waals surface area contributed by atoms with Gasteiger partial charge in [-0.25, -0.2) is 4.39 Å². The van der Waals surface area contributed by atoms with Gasteiger partial charge in [-0.2, -0.15) is 0 Å². The second kappa shape index (κ2) is 5.43. The van der Waals surface area contributed by atoms with Crippen LogP contribution in [0.2, 0.25) is 0 Å². The van der Waals surface area contributed by atoms with Crippen LogP contribution in [0.25, 0.3) is 10.1 Å². The highest BCUT2D eigenvalue weighted by Crippen LogP contribution is 2.30. The van der Waals surface area contributed by atoms with Gasteiger partial charge in [0.25, 0.3) is 0 Å². The lowest BCUT2D eigenvalue weighted by Gasteiger charge is -2.11. The number of thiophene rings is 1. The average molecular weight is 249 g/mol. The predicted octanol–water partition coefficient (Wildman–Crippen LogP) is 4.27. The van der Waals surface area contributed by atoms with E-state index in [0.29, 0.717) is 0 Å². The van der Waals surface area contributed by atoms with Gasteiger partial charge in [-0.3, -0.25) is 0 Å². The van der Waals surface area contributed by atoms with E-state index in [-0.39, 0.29) is 11.9 Å². The third-order valence-electron chi connectivity index (χ3n) is 2.65. The van der Waals surface area contributed by atoms with E-state index in [2.05, 4.69) is 18.8 Å². The summed E-state index contributed by atoms with van der Waals surface area (Å²) in [6.45, 7) is 6.94. The second-order valence-electron chi connectivity index (χ2n) is 4.00. The summed E-state index contributed by atoms with van der Waals surface area (Å²) in [7, 11) is 0. The van der Waals surface area contributed by atoms with Crippen LogP contribution < -0.4 is 5.32 Å². The molecule has 90 valence electrons. The van der Waals surface area contributed by atoms with Gasteiger partial charge in [0.1, 0.15) is 5.82 Å². The van der Waals surface area contributed by atoms with Crippen LogP contribution in [0.3, 0.4) is 0 Å². The zero-order valence-corrected chi connectivity index (χ0v) is 10.7. The molecule has 3 heteroatoms. The second-order valence-corrected chi connectivity index (χ2v) is 5.11. The number of rotatable bonds is 5. The molecule has 1 atom stereocenters. The van der Waals surface area contributed by atoms with Crippen LogP contribution in [0.1, 0.15) is 24.3 Å². The molecule has 17 heavy (non-hydrogen) atoms. The van der Waals surface area contributed by atoms with Gasteiger partial charge in [0, 0.05) is 9.58 Å². The molecule has 1 aromatic heterocycles. The fourth-order valence-electron chi connectivity index (χ4n) is 1.79. The fourth-order valence-corrected chi connectivity index (χ4v) is 2.91. The van der Waals surface area contributed by atoms with Crippen molar-refractivity contribution >= 4 is 21.4 Å². The molecule has 2 aromatic rings. The average Bonchev–Trinajstić information content (AvgIpc) is 2.72. The lowest BCUT2D eigenvalue weighted by atomic mass is 10.2. The van der Waals surface area contributed by atoms with Crippen molar-refractivity contribution < 1.29 is 4.39 Å². The van der Waals surface area contributed by atoms with E-state index >= 15 is 0 Å². The quantitative estimate of drug-likeness (QED) is 0.780. The normalized spacial score (nSPS) is 12.8. The summed E-state index contributed by atoms with van der Waals surface area (Å²) in [6.07, 6.45) is 2.99. The third kappa shape index (κ3) is 2.73. The minimum Gasteiger partial charge on any atom is -0.306 e. The van der Waals surface area contributed by atoms with Crippen molar-refractivity contribution in [3.63, 3.8) is 0 Å². The SMILES string of the molecule is C=CC(NCCC)c1cc2cc(F)ccc2s1. The maximum atomic E-state index is 13.1. The maximum Gasteiger partial charge on any atom is 0.123 e. The highest BCUT2D eigenvalue weighted by Gasteiger charge is 2.10. The summed E-state index contributed by atoms with van der Waals surface area (Å²) >= 11 is 1.69. The van der Waals surface area contributed by atoms with Crippen LogP contribution in [-0.2, 0) is 0 Å². The first kappa shape index (κ1) is 12.3. The summed E-state index contributed by atoms with van der Waals surface area (Å²) in [5.41, 5.74) is 0. The van der Waals surface area contributed by atoms with Gasteiger partial charge in [-0.15, -0.1) is 17.9 Å². The fraction of sp³-hybridized carbons (Fsp3) is 0.286. The van der Waals surface area contributed by atoms with E-state index < -0.39 is 0 Å². The minimum absolute atomic E-state index is 0.162. The lowest BCUT2D eigenvalue weighted by Crippen LogP contribution is -2.19. The molecular weight excluding hydrogens is 233 g/mol. The number of hydrogen-bond donors (Lipinski definition) is 1. The first-order chi connectivity index (χ1) is 8.24. The van der Waals surface area contributed by atoms with Crippen molar-refractivity contribution in [2.75, 3.05) is 6.54 Å². The van der Waals surface area contributed by atoms with Gasteiger partial charge in [0.15, 0.2) is 0 Å². The molecule has 0 aliphatic rings. The first-order valence-corrected chi connectivity index (χ1v) is 6.61. The van der Waals surface area contributed by atoms with Crippen LogP contribution in [0.4, 0.5) is 4.39 Å². The Morgan fingerprint density at radius 2 is 2.29 bits per heavy atom. The molecular formula is C14H16FNS. The Balaban J connectivity index is 2.30. The molecule has 0 amide bonds. The van der Waals surface area contributed by atoms with Crippen LogP contribution in [0.5, 0.6) is 0 Å². The Hall–Kier alpha value is -1.19. The lowest BCUT2D eigenvalue weighted by molar-refractivity contribution is 0.621. The monoisotopic (exact) mass is 249 g/mol. The Bertz CT molecular complexity index is 518. The van der Waals surface area contributed by atoms with E-state index in [1.807, 2.05) is 18.2 Å². The zero-order chi connectivity index (χ0) is 12.3. The molecule has 1 aromatic carbocycles. The Labute approximate surface area is 105 Å². The number of halogens is 1. The summed E-state index contributed by atoms with van der Waals surface area (Å²) in [5, 5.41) is 4.38. The van der Waals surface area contributed by atoms with Crippen LogP contribution in [0, 0.1) is 5.82 Å². The van der Waals surface area contributed by atoms with Gasteiger partial charge in [0.05, 0.1) is 6.04 Å². The first-order valence-electron chi connectivity index (χ1n) is 5.79. The molecule has 0 saturated carbocycles. The maximum absolute atomic E-state index is 13.1. The molecule has 0 aliphatic heterocycles. The van der Waals surface area contributed by atoms with Crippen molar-refractivity contribution in [3.8, 4) is 0 Å². The van der Waals surface area contributed by atoms with E-state index in [1.54, 1.807) is 17.4 Å². The van der Waals surface area contributed by atoms with Crippen molar-refractivity contribution in [2.24, 2.45) is 0 Å². The molecule has 0 saturated heterocycles. The van der Waals surface area contributed by atoms with Crippen LogP contribution in [0.15, 0.2) is 36.9 Å². The molecule has 1 heterocycles. The van der Waals surface area contributed by atoms with Crippen LogP contribution >= 0.6 is 11.3 Å². The molecule has 1 N–H and O–H groups in total. The molecule has 0 spiro atoms. The minimum atomic E-state index is -0.182. The summed E-state index contributed by atoms with van der Waals surface area (Å²) in [6, 6.07) is 7.12. The molecule has 0 bridgehead atoms. The van der Waals surface area contributed by atoms with E-state index in [4.69, 9.17) is 0 Å². The number of hydrogen-bond acceptors (Lipinski definition) is 2. The van der Waals surface area contributed by atoms with Gasteiger partial charge < -0.3 is 5.32 Å². The largest absolute Gasteiger partial charge is 0.306 e. The van der Waals surface area contributed by atoms with Gasteiger partial charge in [0.2, 0.25) is 0 Å². The van der Waals surface area contributed by atoms with E-state index in [0.717, 1.165) is 23.1 Å². The molecule has 0 fully saturated rings. The molecule has 0 radical (unpaired) electrons. The van der Waals surface area contributed by atoms with E-state index in [9.17, 15) is 4.39 Å². The number of benzene rings is 1. The number of nitrogens with one attached hydrogen (secondary N) is 1. The molecule has 0 aliphatic carbocycles. The topological polar surface area (TPSA) is 12.0 Å². The molecule has 1 nitrogen and oxygen atoms in total. The van der Waals surface area contributed by atoms with Gasteiger partial charge in [-0.1, -0.05) is 13.0 Å². The van der Waals surface area contributed by atoms with Gasteiger partial charge in [-0.05, 0) is 42.6 Å². The van der Waals surface area contributed by atoms with Crippen molar-refractivity contribution in [1.82, 2.24) is 5.32 Å². The van der Waals surface area contributed by atoms with E-state index in [1.165, 1.54) is 10.9 Å². The molecule has 1 unspecified atom stereocenters. The summed E-state index contributed by atoms with van der Waals surface area (Å²) in [4.78, 5) is 1.19. The highest BCUT2D eigenvalue weighted by molar-refractivity contribution is 7.19. The molecule has 2 rings (SSSR count). The zero-order valence-electron chi connectivity index (χ0n) is 9.87. The van der Waals surface area contributed by atoms with Gasteiger partial charge >= 0.3 is 0 Å². The standard InChI is InChI=1S/C14H16FNS/c1-3-7-16-12(4-2)14-9-10-8-11(15)5-6-13(10)17-14/h4-6,8-9,12,16H,2-3,7H2,1H3. The van der Waals surface area contributed by atoms with Crippen molar-refractivity contribution in [3.05, 3.63) is 47.6 Å². The highest BCUT2D eigenvalue weighted by atomic mass is 32.1. The Kier molecular flexibility index (Phi) is 3.92. The summed E-state index contributed by atoms with van der Waals surface area (Å²) in [5.74, 6) is -0.182. The number of fused-ring (bicyclic) bond motifs is 1. The predicted molar refractivity (Wildman–Crippen MR) is 73.0 cm³/mol.